The van der Waals surface area contributed by atoms with Crippen molar-refractivity contribution >= 4 is 27.3 Å². The molecule has 4 heteroatoms. The molecule has 0 spiro atoms. The molecule has 0 bridgehead atoms. The van der Waals surface area contributed by atoms with Gasteiger partial charge in [-0.25, -0.2) is 0 Å². The first-order valence-electron chi connectivity index (χ1n) is 7.02. The van der Waals surface area contributed by atoms with Gasteiger partial charge in [-0.05, 0) is 30.4 Å². The van der Waals surface area contributed by atoms with Crippen molar-refractivity contribution in [2.75, 3.05) is 13.2 Å². The Hall–Kier alpha value is -1.39. The van der Waals surface area contributed by atoms with E-state index < -0.39 is 0 Å². The van der Waals surface area contributed by atoms with Gasteiger partial charge in [0.2, 0.25) is 0 Å². The molecule has 20 heavy (non-hydrogen) atoms. The number of benzene rings is 1. The molecule has 1 amide bonds. The van der Waals surface area contributed by atoms with E-state index in [0.717, 1.165) is 27.8 Å². The highest BCUT2D eigenvalue weighted by molar-refractivity contribution is 7.20. The standard InChI is InChI=1S/C16H21NO2S/c1-3-16(4-2,11-18)10-17-15(19)14-9-12-7-5-6-8-13(12)20-14/h5-9,18H,3-4,10-11H2,1-2H3,(H,17,19). The molecule has 2 N–H and O–H groups in total. The van der Waals surface area contributed by atoms with Gasteiger partial charge in [-0.1, -0.05) is 32.0 Å². The third kappa shape index (κ3) is 3.02. The van der Waals surface area contributed by atoms with Gasteiger partial charge in [0.1, 0.15) is 0 Å². The molecular weight excluding hydrogens is 270 g/mol. The van der Waals surface area contributed by atoms with Crippen molar-refractivity contribution in [3.63, 3.8) is 0 Å². The highest BCUT2D eigenvalue weighted by atomic mass is 32.1. The summed E-state index contributed by atoms with van der Waals surface area (Å²) in [5, 5.41) is 13.6. The molecule has 1 heterocycles. The summed E-state index contributed by atoms with van der Waals surface area (Å²) in [6.45, 7) is 4.72. The van der Waals surface area contributed by atoms with Crippen molar-refractivity contribution < 1.29 is 9.90 Å². The predicted molar refractivity (Wildman–Crippen MR) is 84.3 cm³/mol. The summed E-state index contributed by atoms with van der Waals surface area (Å²) in [6.07, 6.45) is 1.71. The van der Waals surface area contributed by atoms with E-state index in [1.54, 1.807) is 0 Å². The second kappa shape index (κ2) is 6.37. The maximum Gasteiger partial charge on any atom is 0.261 e. The first-order valence-corrected chi connectivity index (χ1v) is 7.83. The molecule has 0 aliphatic carbocycles. The normalized spacial score (nSPS) is 11.8. The Morgan fingerprint density at radius 3 is 2.60 bits per heavy atom. The van der Waals surface area contributed by atoms with Gasteiger partial charge in [0, 0.05) is 16.7 Å². The first kappa shape index (κ1) is 15.0. The first-order chi connectivity index (χ1) is 9.64. The zero-order valence-electron chi connectivity index (χ0n) is 12.0. The molecule has 0 saturated carbocycles. The van der Waals surface area contributed by atoms with E-state index in [2.05, 4.69) is 5.32 Å². The summed E-state index contributed by atoms with van der Waals surface area (Å²) in [7, 11) is 0. The molecule has 1 aromatic heterocycles. The lowest BCUT2D eigenvalue weighted by Crippen LogP contribution is -2.39. The van der Waals surface area contributed by atoms with Crippen LogP contribution in [0.2, 0.25) is 0 Å². The molecule has 0 aliphatic heterocycles. The van der Waals surface area contributed by atoms with Crippen molar-refractivity contribution in [3.8, 4) is 0 Å². The minimum atomic E-state index is -0.202. The van der Waals surface area contributed by atoms with E-state index in [4.69, 9.17) is 0 Å². The molecule has 0 saturated heterocycles. The van der Waals surface area contributed by atoms with Gasteiger partial charge in [0.25, 0.3) is 5.91 Å². The van der Waals surface area contributed by atoms with Crippen LogP contribution in [0.5, 0.6) is 0 Å². The van der Waals surface area contributed by atoms with Gasteiger partial charge in [-0.2, -0.15) is 0 Å². The fraction of sp³-hybridized carbons (Fsp3) is 0.438. The summed E-state index contributed by atoms with van der Waals surface area (Å²) >= 11 is 1.50. The Morgan fingerprint density at radius 2 is 2.00 bits per heavy atom. The molecule has 0 radical (unpaired) electrons. The molecule has 0 fully saturated rings. The maximum absolute atomic E-state index is 12.2. The average Bonchev–Trinajstić information content (AvgIpc) is 2.93. The van der Waals surface area contributed by atoms with Crippen LogP contribution in [0, 0.1) is 5.41 Å². The molecular formula is C16H21NO2S. The van der Waals surface area contributed by atoms with Gasteiger partial charge < -0.3 is 10.4 Å². The van der Waals surface area contributed by atoms with Crippen LogP contribution in [-0.4, -0.2) is 24.2 Å². The van der Waals surface area contributed by atoms with Crippen LogP contribution in [0.25, 0.3) is 10.1 Å². The van der Waals surface area contributed by atoms with Crippen LogP contribution in [0.15, 0.2) is 30.3 Å². The van der Waals surface area contributed by atoms with Gasteiger partial charge in [-0.3, -0.25) is 4.79 Å². The summed E-state index contributed by atoms with van der Waals surface area (Å²) in [5.41, 5.74) is -0.202. The second-order valence-electron chi connectivity index (χ2n) is 5.20. The smallest absolute Gasteiger partial charge is 0.261 e. The van der Waals surface area contributed by atoms with Crippen molar-refractivity contribution in [3.05, 3.63) is 35.2 Å². The maximum atomic E-state index is 12.2. The van der Waals surface area contributed by atoms with Crippen molar-refractivity contribution in [2.45, 2.75) is 26.7 Å². The van der Waals surface area contributed by atoms with Crippen LogP contribution in [0.3, 0.4) is 0 Å². The minimum Gasteiger partial charge on any atom is -0.396 e. The third-order valence-electron chi connectivity index (χ3n) is 4.11. The molecule has 0 unspecified atom stereocenters. The molecule has 108 valence electrons. The van der Waals surface area contributed by atoms with E-state index in [9.17, 15) is 9.90 Å². The number of rotatable bonds is 6. The lowest BCUT2D eigenvalue weighted by Gasteiger charge is -2.29. The average molecular weight is 291 g/mol. The minimum absolute atomic E-state index is 0.0501. The number of hydrogen-bond acceptors (Lipinski definition) is 3. The monoisotopic (exact) mass is 291 g/mol. The summed E-state index contributed by atoms with van der Waals surface area (Å²) in [6, 6.07) is 9.91. The van der Waals surface area contributed by atoms with Crippen LogP contribution in [-0.2, 0) is 0 Å². The largest absolute Gasteiger partial charge is 0.396 e. The van der Waals surface area contributed by atoms with Gasteiger partial charge in [-0.15, -0.1) is 11.3 Å². The number of carbonyl (C=O) groups excluding carboxylic acids is 1. The van der Waals surface area contributed by atoms with Gasteiger partial charge in [0.15, 0.2) is 0 Å². The van der Waals surface area contributed by atoms with Gasteiger partial charge >= 0.3 is 0 Å². The Bertz CT molecular complexity index is 546. The molecule has 2 aromatic rings. The summed E-state index contributed by atoms with van der Waals surface area (Å²) < 4.78 is 1.12. The Kier molecular flexibility index (Phi) is 4.78. The zero-order valence-corrected chi connectivity index (χ0v) is 12.8. The van der Waals surface area contributed by atoms with Crippen LogP contribution in [0.4, 0.5) is 0 Å². The number of amides is 1. The van der Waals surface area contributed by atoms with Crippen molar-refractivity contribution in [1.29, 1.82) is 0 Å². The topological polar surface area (TPSA) is 49.3 Å². The number of nitrogens with one attached hydrogen (secondary N) is 1. The Balaban J connectivity index is 2.08. The fourth-order valence-electron chi connectivity index (χ4n) is 2.23. The fourth-order valence-corrected chi connectivity index (χ4v) is 3.21. The molecule has 3 nitrogen and oxygen atoms in total. The number of thiophene rings is 1. The molecule has 2 rings (SSSR count). The van der Waals surface area contributed by atoms with E-state index in [0.29, 0.717) is 6.54 Å². The van der Waals surface area contributed by atoms with Crippen molar-refractivity contribution in [2.24, 2.45) is 5.41 Å². The number of aliphatic hydroxyl groups excluding tert-OH is 1. The predicted octanol–water partition coefficient (Wildman–Crippen LogP) is 3.43. The van der Waals surface area contributed by atoms with E-state index >= 15 is 0 Å². The van der Waals surface area contributed by atoms with Crippen LogP contribution < -0.4 is 5.32 Å². The van der Waals surface area contributed by atoms with E-state index in [-0.39, 0.29) is 17.9 Å². The number of fused-ring (bicyclic) bond motifs is 1. The quantitative estimate of drug-likeness (QED) is 0.856. The lowest BCUT2D eigenvalue weighted by molar-refractivity contribution is 0.0854. The second-order valence-corrected chi connectivity index (χ2v) is 6.28. The Labute approximate surface area is 123 Å². The highest BCUT2D eigenvalue weighted by Crippen LogP contribution is 2.27. The number of aliphatic hydroxyl groups is 1. The van der Waals surface area contributed by atoms with Crippen LogP contribution in [0.1, 0.15) is 36.4 Å². The van der Waals surface area contributed by atoms with Gasteiger partial charge in [0.05, 0.1) is 11.5 Å². The zero-order chi connectivity index (χ0) is 14.6. The Morgan fingerprint density at radius 1 is 1.30 bits per heavy atom. The molecule has 0 aliphatic rings. The SMILES string of the molecule is CCC(CC)(CO)CNC(=O)c1cc2ccccc2s1. The molecule has 1 aromatic carbocycles. The summed E-state index contributed by atoms with van der Waals surface area (Å²) in [5.74, 6) is -0.0501. The number of hydrogen-bond donors (Lipinski definition) is 2. The lowest BCUT2D eigenvalue weighted by atomic mass is 9.83. The van der Waals surface area contributed by atoms with Crippen LogP contribution >= 0.6 is 11.3 Å². The summed E-state index contributed by atoms with van der Waals surface area (Å²) in [4.78, 5) is 13.0. The van der Waals surface area contributed by atoms with Crippen molar-refractivity contribution in [1.82, 2.24) is 5.32 Å². The van der Waals surface area contributed by atoms with E-state index in [1.807, 2.05) is 44.2 Å². The number of carbonyl (C=O) groups is 1. The third-order valence-corrected chi connectivity index (χ3v) is 5.22. The highest BCUT2D eigenvalue weighted by Gasteiger charge is 2.26. The molecule has 0 atom stereocenters. The van der Waals surface area contributed by atoms with E-state index in [1.165, 1.54) is 11.3 Å².